The van der Waals surface area contributed by atoms with Crippen molar-refractivity contribution in [3.8, 4) is 0 Å². The summed E-state index contributed by atoms with van der Waals surface area (Å²) in [6.07, 6.45) is 6.24. The van der Waals surface area contributed by atoms with E-state index in [0.717, 1.165) is 53.4 Å². The molecule has 0 saturated heterocycles. The molecule has 1 saturated carbocycles. The molecule has 136 valence electrons. The summed E-state index contributed by atoms with van der Waals surface area (Å²) >= 11 is 0. The number of halogens is 1. The lowest BCUT2D eigenvalue weighted by Gasteiger charge is -2.28. The summed E-state index contributed by atoms with van der Waals surface area (Å²) < 4.78 is 13.8. The third kappa shape index (κ3) is 2.99. The third-order valence-electron chi connectivity index (χ3n) is 5.95. The number of benzene rings is 2. The molecule has 1 aliphatic carbocycles. The van der Waals surface area contributed by atoms with Crippen LogP contribution in [0.4, 0.5) is 4.39 Å². The summed E-state index contributed by atoms with van der Waals surface area (Å²) in [7, 11) is 0. The van der Waals surface area contributed by atoms with Gasteiger partial charge in [0.2, 0.25) is 0 Å². The van der Waals surface area contributed by atoms with Crippen LogP contribution in [0.3, 0.4) is 0 Å². The van der Waals surface area contributed by atoms with Crippen molar-refractivity contribution < 1.29 is 4.39 Å². The molecule has 3 nitrogen and oxygen atoms in total. The average molecular weight is 359 g/mol. The number of aryl methyl sites for hydroxylation is 1. The Morgan fingerprint density at radius 2 is 1.74 bits per heavy atom. The first-order chi connectivity index (χ1) is 13.2. The first kappa shape index (κ1) is 16.4. The highest BCUT2D eigenvalue weighted by Gasteiger charge is 2.26. The third-order valence-corrected chi connectivity index (χ3v) is 5.95. The second-order valence-corrected chi connectivity index (χ2v) is 7.75. The van der Waals surface area contributed by atoms with Crippen LogP contribution in [0.2, 0.25) is 0 Å². The van der Waals surface area contributed by atoms with E-state index in [1.54, 1.807) is 12.1 Å². The quantitative estimate of drug-likeness (QED) is 0.477. The fraction of sp³-hybridized carbons (Fsp3) is 0.304. The predicted molar refractivity (Wildman–Crippen MR) is 106 cm³/mol. The maximum atomic E-state index is 13.8. The van der Waals surface area contributed by atoms with Crippen LogP contribution in [-0.4, -0.2) is 15.0 Å². The van der Waals surface area contributed by atoms with Gasteiger partial charge in [-0.3, -0.25) is 4.98 Å². The minimum Gasteiger partial charge on any atom is -0.342 e. The zero-order valence-corrected chi connectivity index (χ0v) is 15.4. The molecule has 1 fully saturated rings. The van der Waals surface area contributed by atoms with Gasteiger partial charge >= 0.3 is 0 Å². The Balaban J connectivity index is 1.39. The fourth-order valence-electron chi connectivity index (χ4n) is 4.50. The highest BCUT2D eigenvalue weighted by Crippen LogP contribution is 2.41. The second-order valence-electron chi connectivity index (χ2n) is 7.75. The van der Waals surface area contributed by atoms with Gasteiger partial charge in [-0.1, -0.05) is 6.07 Å². The van der Waals surface area contributed by atoms with E-state index in [-0.39, 0.29) is 5.82 Å². The van der Waals surface area contributed by atoms with Crippen molar-refractivity contribution in [1.82, 2.24) is 15.0 Å². The standard InChI is InChI=1S/C23H22FN3/c1-14-2-8-21-22(12-14)27-23(26-21)16-5-3-15(4-6-16)18-10-11-25-20-9-7-17(24)13-19(18)20/h2,7-13,15-16H,3-6H2,1H3,(H,26,27). The van der Waals surface area contributed by atoms with Gasteiger partial charge in [0, 0.05) is 17.5 Å². The summed E-state index contributed by atoms with van der Waals surface area (Å²) in [6.45, 7) is 2.10. The Morgan fingerprint density at radius 1 is 0.926 bits per heavy atom. The Morgan fingerprint density at radius 3 is 2.59 bits per heavy atom. The van der Waals surface area contributed by atoms with E-state index in [4.69, 9.17) is 4.98 Å². The molecule has 2 heterocycles. The molecule has 4 heteroatoms. The van der Waals surface area contributed by atoms with E-state index in [0.29, 0.717) is 11.8 Å². The van der Waals surface area contributed by atoms with Crippen molar-refractivity contribution in [1.29, 1.82) is 0 Å². The molecule has 4 aromatic rings. The van der Waals surface area contributed by atoms with Gasteiger partial charge in [-0.2, -0.15) is 0 Å². The molecular weight excluding hydrogens is 337 g/mol. The molecular formula is C23H22FN3. The highest BCUT2D eigenvalue weighted by atomic mass is 19.1. The Bertz CT molecular complexity index is 1120. The van der Waals surface area contributed by atoms with Gasteiger partial charge in [-0.15, -0.1) is 0 Å². The van der Waals surface area contributed by atoms with Gasteiger partial charge in [0.1, 0.15) is 11.6 Å². The monoisotopic (exact) mass is 359 g/mol. The zero-order chi connectivity index (χ0) is 18.4. The van der Waals surface area contributed by atoms with Gasteiger partial charge in [-0.25, -0.2) is 9.37 Å². The van der Waals surface area contributed by atoms with E-state index in [9.17, 15) is 4.39 Å². The lowest BCUT2D eigenvalue weighted by atomic mass is 9.77. The molecule has 5 rings (SSSR count). The Kier molecular flexibility index (Phi) is 3.92. The summed E-state index contributed by atoms with van der Waals surface area (Å²) in [6, 6.07) is 13.3. The zero-order valence-electron chi connectivity index (χ0n) is 15.4. The summed E-state index contributed by atoms with van der Waals surface area (Å²) in [4.78, 5) is 12.7. The molecule has 1 N–H and O–H groups in total. The van der Waals surface area contributed by atoms with E-state index in [1.165, 1.54) is 17.2 Å². The molecule has 0 amide bonds. The normalized spacial score (nSPS) is 20.4. The minimum atomic E-state index is -0.192. The number of nitrogens with one attached hydrogen (secondary N) is 1. The molecule has 0 spiro atoms. The van der Waals surface area contributed by atoms with Crippen LogP contribution in [0.1, 0.15) is 54.5 Å². The van der Waals surface area contributed by atoms with Crippen LogP contribution in [0.5, 0.6) is 0 Å². The number of hydrogen-bond acceptors (Lipinski definition) is 2. The van der Waals surface area contributed by atoms with Gasteiger partial charge in [0.25, 0.3) is 0 Å². The first-order valence-electron chi connectivity index (χ1n) is 9.68. The van der Waals surface area contributed by atoms with Gasteiger partial charge < -0.3 is 4.98 Å². The van der Waals surface area contributed by atoms with Crippen molar-refractivity contribution in [2.75, 3.05) is 0 Å². The maximum absolute atomic E-state index is 13.8. The van der Waals surface area contributed by atoms with Gasteiger partial charge in [0.15, 0.2) is 0 Å². The van der Waals surface area contributed by atoms with Crippen LogP contribution in [0, 0.1) is 12.7 Å². The summed E-state index contributed by atoms with van der Waals surface area (Å²) in [5.41, 5.74) is 5.53. The van der Waals surface area contributed by atoms with E-state index < -0.39 is 0 Å². The van der Waals surface area contributed by atoms with Gasteiger partial charge in [-0.05, 0) is 86.1 Å². The fourth-order valence-corrected chi connectivity index (χ4v) is 4.50. The van der Waals surface area contributed by atoms with Crippen LogP contribution in [0.15, 0.2) is 48.7 Å². The number of nitrogens with zero attached hydrogens (tertiary/aromatic N) is 2. The molecule has 0 radical (unpaired) electrons. The number of imidazole rings is 1. The minimum absolute atomic E-state index is 0.192. The van der Waals surface area contributed by atoms with Crippen LogP contribution in [-0.2, 0) is 0 Å². The lowest BCUT2D eigenvalue weighted by molar-refractivity contribution is 0.388. The molecule has 0 unspecified atom stereocenters. The molecule has 1 aliphatic rings. The predicted octanol–water partition coefficient (Wildman–Crippen LogP) is 6.00. The molecule has 2 aromatic carbocycles. The topological polar surface area (TPSA) is 41.6 Å². The smallest absolute Gasteiger partial charge is 0.123 e. The maximum Gasteiger partial charge on any atom is 0.123 e. The number of H-pyrrole nitrogens is 1. The Labute approximate surface area is 157 Å². The van der Waals surface area contributed by atoms with Crippen molar-refractivity contribution in [3.05, 3.63) is 71.4 Å². The van der Waals surface area contributed by atoms with Crippen molar-refractivity contribution >= 4 is 21.9 Å². The van der Waals surface area contributed by atoms with Crippen LogP contribution >= 0.6 is 0 Å². The van der Waals surface area contributed by atoms with E-state index in [2.05, 4.69) is 41.2 Å². The molecule has 27 heavy (non-hydrogen) atoms. The van der Waals surface area contributed by atoms with Crippen molar-refractivity contribution in [3.63, 3.8) is 0 Å². The number of rotatable bonds is 2. The van der Waals surface area contributed by atoms with E-state index >= 15 is 0 Å². The first-order valence-corrected chi connectivity index (χ1v) is 9.68. The molecule has 0 atom stereocenters. The summed E-state index contributed by atoms with van der Waals surface area (Å²) in [5.74, 6) is 1.85. The number of aromatic amines is 1. The van der Waals surface area contributed by atoms with Gasteiger partial charge in [0.05, 0.1) is 16.6 Å². The molecule has 2 aromatic heterocycles. The molecule has 0 bridgehead atoms. The largest absolute Gasteiger partial charge is 0.342 e. The van der Waals surface area contributed by atoms with Crippen LogP contribution in [0.25, 0.3) is 21.9 Å². The number of fused-ring (bicyclic) bond motifs is 2. The summed E-state index contributed by atoms with van der Waals surface area (Å²) in [5, 5.41) is 0.958. The lowest BCUT2D eigenvalue weighted by Crippen LogP contribution is -2.13. The van der Waals surface area contributed by atoms with Crippen molar-refractivity contribution in [2.45, 2.75) is 44.4 Å². The SMILES string of the molecule is Cc1ccc2[nH]c(C3CCC(c4ccnc5ccc(F)cc45)CC3)nc2c1. The van der Waals surface area contributed by atoms with E-state index in [1.807, 2.05) is 6.20 Å². The van der Waals surface area contributed by atoms with Crippen LogP contribution < -0.4 is 0 Å². The number of aromatic nitrogens is 3. The van der Waals surface area contributed by atoms with Crippen molar-refractivity contribution in [2.24, 2.45) is 0 Å². The average Bonchev–Trinajstić information content (AvgIpc) is 3.11. The molecule has 0 aliphatic heterocycles. The number of hydrogen-bond donors (Lipinski definition) is 1. The second kappa shape index (κ2) is 6.45. The Hall–Kier alpha value is -2.75. The highest BCUT2D eigenvalue weighted by molar-refractivity contribution is 5.82. The number of pyridine rings is 1.